The van der Waals surface area contributed by atoms with Crippen molar-refractivity contribution in [2.45, 2.75) is 25.8 Å². The summed E-state index contributed by atoms with van der Waals surface area (Å²) >= 11 is 0. The first-order valence-corrected chi connectivity index (χ1v) is 5.28. The highest BCUT2D eigenvalue weighted by Gasteiger charge is 2.18. The average Bonchev–Trinajstić information content (AvgIpc) is 2.52. The maximum absolute atomic E-state index is 4.96. The van der Waals surface area contributed by atoms with Gasteiger partial charge in [-0.3, -0.25) is 4.90 Å². The molecule has 0 radical (unpaired) electrons. The van der Waals surface area contributed by atoms with E-state index in [0.29, 0.717) is 0 Å². The van der Waals surface area contributed by atoms with Gasteiger partial charge in [0.05, 0.1) is 6.61 Å². The Bertz CT molecular complexity index is 130. The fraction of sp³-hybridized carbons (Fsp3) is 1.00. The van der Waals surface area contributed by atoms with Gasteiger partial charge in [0, 0.05) is 32.8 Å². The Morgan fingerprint density at radius 2 is 2.31 bits per heavy atom. The van der Waals surface area contributed by atoms with Crippen molar-refractivity contribution in [2.75, 3.05) is 39.9 Å². The molecular formula is C10H22N2O. The van der Waals surface area contributed by atoms with E-state index in [1.807, 2.05) is 0 Å². The molecule has 0 aromatic carbocycles. The Kier molecular flexibility index (Phi) is 5.35. The van der Waals surface area contributed by atoms with E-state index in [1.54, 1.807) is 7.11 Å². The maximum Gasteiger partial charge on any atom is 0.0587 e. The van der Waals surface area contributed by atoms with Gasteiger partial charge in [-0.15, -0.1) is 0 Å². The number of hydrogen-bond acceptors (Lipinski definition) is 3. The summed E-state index contributed by atoms with van der Waals surface area (Å²) in [4.78, 5) is 2.56. The molecule has 1 unspecified atom stereocenters. The number of hydrogen-bond donors (Lipinski definition) is 1. The van der Waals surface area contributed by atoms with Gasteiger partial charge in [-0.1, -0.05) is 0 Å². The van der Waals surface area contributed by atoms with Crippen LogP contribution in [0.15, 0.2) is 0 Å². The van der Waals surface area contributed by atoms with Crippen LogP contribution < -0.4 is 5.32 Å². The summed E-state index contributed by atoms with van der Waals surface area (Å²) in [5, 5.41) is 3.37. The molecule has 0 bridgehead atoms. The standard InChI is InChI=1S/C10H22N2O/c1-10-4-3-7-12(10)8-5-11-6-9-13-2/h10-11H,3-9H2,1-2H3. The number of nitrogens with one attached hydrogen (secondary N) is 1. The number of methoxy groups -OCH3 is 1. The average molecular weight is 186 g/mol. The second kappa shape index (κ2) is 6.35. The fourth-order valence-corrected chi connectivity index (χ4v) is 1.85. The van der Waals surface area contributed by atoms with Gasteiger partial charge >= 0.3 is 0 Å². The van der Waals surface area contributed by atoms with Gasteiger partial charge in [0.2, 0.25) is 0 Å². The predicted molar refractivity (Wildman–Crippen MR) is 55.0 cm³/mol. The van der Waals surface area contributed by atoms with E-state index in [-0.39, 0.29) is 0 Å². The molecule has 13 heavy (non-hydrogen) atoms. The molecule has 1 heterocycles. The molecule has 0 aromatic heterocycles. The molecule has 0 aromatic rings. The Morgan fingerprint density at radius 3 is 2.92 bits per heavy atom. The van der Waals surface area contributed by atoms with Gasteiger partial charge in [0.25, 0.3) is 0 Å². The van der Waals surface area contributed by atoms with Gasteiger partial charge in [-0.05, 0) is 26.3 Å². The quantitative estimate of drug-likeness (QED) is 0.618. The summed E-state index contributed by atoms with van der Waals surface area (Å²) < 4.78 is 4.96. The van der Waals surface area contributed by atoms with Crippen molar-refractivity contribution in [3.63, 3.8) is 0 Å². The molecule has 1 atom stereocenters. The Balaban J connectivity index is 1.93. The summed E-state index contributed by atoms with van der Waals surface area (Å²) in [5.41, 5.74) is 0. The van der Waals surface area contributed by atoms with Gasteiger partial charge < -0.3 is 10.1 Å². The van der Waals surface area contributed by atoms with Gasteiger partial charge in [0.15, 0.2) is 0 Å². The second-order valence-electron chi connectivity index (χ2n) is 3.77. The topological polar surface area (TPSA) is 24.5 Å². The monoisotopic (exact) mass is 186 g/mol. The van der Waals surface area contributed by atoms with Crippen LogP contribution in [0.3, 0.4) is 0 Å². The van der Waals surface area contributed by atoms with Crippen molar-refractivity contribution >= 4 is 0 Å². The van der Waals surface area contributed by atoms with Gasteiger partial charge in [-0.25, -0.2) is 0 Å². The molecule has 1 aliphatic rings. The minimum atomic E-state index is 0.796. The van der Waals surface area contributed by atoms with Crippen molar-refractivity contribution in [2.24, 2.45) is 0 Å². The summed E-state index contributed by atoms with van der Waals surface area (Å²) in [6.07, 6.45) is 2.75. The molecule has 1 saturated heterocycles. The Morgan fingerprint density at radius 1 is 1.46 bits per heavy atom. The summed E-state index contributed by atoms with van der Waals surface area (Å²) in [6, 6.07) is 0.796. The van der Waals surface area contributed by atoms with Crippen LogP contribution >= 0.6 is 0 Å². The van der Waals surface area contributed by atoms with E-state index in [1.165, 1.54) is 25.9 Å². The van der Waals surface area contributed by atoms with E-state index in [0.717, 1.165) is 25.7 Å². The van der Waals surface area contributed by atoms with E-state index < -0.39 is 0 Å². The van der Waals surface area contributed by atoms with Crippen LogP contribution in [0.5, 0.6) is 0 Å². The van der Waals surface area contributed by atoms with Crippen LogP contribution in [-0.2, 0) is 4.74 Å². The first kappa shape index (κ1) is 11.0. The Labute approximate surface area is 81.4 Å². The molecule has 1 N–H and O–H groups in total. The van der Waals surface area contributed by atoms with Crippen molar-refractivity contribution in [3.05, 3.63) is 0 Å². The van der Waals surface area contributed by atoms with Gasteiger partial charge in [-0.2, -0.15) is 0 Å². The number of likely N-dealkylation sites (tertiary alicyclic amines) is 1. The van der Waals surface area contributed by atoms with Crippen molar-refractivity contribution in [1.82, 2.24) is 10.2 Å². The first-order valence-electron chi connectivity index (χ1n) is 5.28. The van der Waals surface area contributed by atoms with E-state index in [9.17, 15) is 0 Å². The number of nitrogens with zero attached hydrogens (tertiary/aromatic N) is 1. The summed E-state index contributed by atoms with van der Waals surface area (Å²) in [5.74, 6) is 0. The smallest absolute Gasteiger partial charge is 0.0587 e. The Hall–Kier alpha value is -0.120. The molecular weight excluding hydrogens is 164 g/mol. The number of ether oxygens (including phenoxy) is 1. The predicted octanol–water partition coefficient (Wildman–Crippen LogP) is 0.707. The zero-order valence-corrected chi connectivity index (χ0v) is 8.88. The third kappa shape index (κ3) is 4.07. The highest BCUT2D eigenvalue weighted by molar-refractivity contribution is 4.75. The van der Waals surface area contributed by atoms with Crippen LogP contribution in [0.1, 0.15) is 19.8 Å². The lowest BCUT2D eigenvalue weighted by Crippen LogP contribution is -2.35. The molecule has 0 amide bonds. The van der Waals surface area contributed by atoms with Crippen molar-refractivity contribution < 1.29 is 4.74 Å². The first-order chi connectivity index (χ1) is 6.34. The molecule has 78 valence electrons. The molecule has 0 saturated carbocycles. The summed E-state index contributed by atoms with van der Waals surface area (Å²) in [7, 11) is 1.74. The SMILES string of the molecule is COCCNCCN1CCCC1C. The van der Waals surface area contributed by atoms with Crippen LogP contribution in [0.25, 0.3) is 0 Å². The van der Waals surface area contributed by atoms with Crippen LogP contribution in [0, 0.1) is 0 Å². The minimum absolute atomic E-state index is 0.796. The molecule has 1 aliphatic heterocycles. The molecule has 0 aliphatic carbocycles. The van der Waals surface area contributed by atoms with Crippen LogP contribution in [-0.4, -0.2) is 50.8 Å². The maximum atomic E-state index is 4.96. The van der Waals surface area contributed by atoms with Gasteiger partial charge in [0.1, 0.15) is 0 Å². The molecule has 3 heteroatoms. The summed E-state index contributed by atoms with van der Waals surface area (Å²) in [6.45, 7) is 7.67. The fourth-order valence-electron chi connectivity index (χ4n) is 1.85. The van der Waals surface area contributed by atoms with E-state index in [4.69, 9.17) is 4.74 Å². The van der Waals surface area contributed by atoms with Crippen molar-refractivity contribution in [3.8, 4) is 0 Å². The highest BCUT2D eigenvalue weighted by Crippen LogP contribution is 2.14. The lowest BCUT2D eigenvalue weighted by molar-refractivity contribution is 0.196. The van der Waals surface area contributed by atoms with E-state index in [2.05, 4.69) is 17.1 Å². The molecule has 0 spiro atoms. The lowest BCUT2D eigenvalue weighted by atomic mass is 10.2. The van der Waals surface area contributed by atoms with Crippen molar-refractivity contribution in [1.29, 1.82) is 0 Å². The third-order valence-electron chi connectivity index (χ3n) is 2.75. The van der Waals surface area contributed by atoms with Crippen LogP contribution in [0.2, 0.25) is 0 Å². The third-order valence-corrected chi connectivity index (χ3v) is 2.75. The second-order valence-corrected chi connectivity index (χ2v) is 3.77. The van der Waals surface area contributed by atoms with Crippen LogP contribution in [0.4, 0.5) is 0 Å². The largest absolute Gasteiger partial charge is 0.383 e. The lowest BCUT2D eigenvalue weighted by Gasteiger charge is -2.20. The molecule has 3 nitrogen and oxygen atoms in total. The zero-order valence-electron chi connectivity index (χ0n) is 8.88. The minimum Gasteiger partial charge on any atom is -0.383 e. The molecule has 1 rings (SSSR count). The normalized spacial score (nSPS) is 24.0. The zero-order chi connectivity index (χ0) is 9.52. The molecule has 1 fully saturated rings. The highest BCUT2D eigenvalue weighted by atomic mass is 16.5. The van der Waals surface area contributed by atoms with E-state index >= 15 is 0 Å². The number of rotatable bonds is 6.